The van der Waals surface area contributed by atoms with E-state index < -0.39 is 102 Å². The van der Waals surface area contributed by atoms with Gasteiger partial charge < -0.3 is 63.8 Å². The van der Waals surface area contributed by atoms with Gasteiger partial charge in [-0.3, -0.25) is 14.5 Å². The van der Waals surface area contributed by atoms with Crippen LogP contribution in [0, 0.1) is 17.8 Å². The van der Waals surface area contributed by atoms with Crippen LogP contribution in [0.5, 0.6) is 0 Å². The molecule has 0 unspecified atom stereocenters. The molecule has 0 saturated carbocycles. The third kappa shape index (κ3) is 13.7. The Kier molecular flexibility index (Phi) is 20.1. The molecule has 3 saturated heterocycles. The summed E-state index contributed by atoms with van der Waals surface area (Å²) in [5.41, 5.74) is -4.51. The van der Waals surface area contributed by atoms with E-state index in [1.54, 1.807) is 52.9 Å². The summed E-state index contributed by atoms with van der Waals surface area (Å²) in [4.78, 5) is 33.4. The van der Waals surface area contributed by atoms with E-state index in [1.807, 2.05) is 70.1 Å². The first-order chi connectivity index (χ1) is 29.9. The molecular weight excluding hydrogens is 847 g/mol. The van der Waals surface area contributed by atoms with Gasteiger partial charge in [0.2, 0.25) is 0 Å². The van der Waals surface area contributed by atoms with Crippen molar-refractivity contribution in [2.45, 2.75) is 198 Å². The molecule has 0 spiro atoms. The molecule has 0 radical (unpaired) electrons. The molecule has 370 valence electrons. The van der Waals surface area contributed by atoms with E-state index in [4.69, 9.17) is 33.2 Å². The number of hydrogen-bond donors (Lipinski definition) is 5. The molecule has 64 heavy (non-hydrogen) atoms. The lowest BCUT2D eigenvalue weighted by atomic mass is 9.77. The van der Waals surface area contributed by atoms with E-state index in [0.29, 0.717) is 26.1 Å². The standard InChI is InChI=1S/C47H83N3O13S/c1-15-35-47(10,56)42(61-36(51)19-21-48-20-18-33-17-16-22-64-33)31(6)50(13)26-27(2)24-45(8,55)41(63-44-38(52)34(49(11)12)23-28(3)58-44)29(4)39(30(5)43(54)60-35)62-37-25-46(9,57-14)40(53)32(7)59-37/h16-17,22,27-32,34-35,37-42,44,48,52-53,55-56H,15,18-21,23-26H2,1-14H3/t27-,28-,29+,30-,31-,32+,34+,35-,37+,38-,39+,40+,41-,42-,44+,45+,46-,47-/m1/s1. The predicted octanol–water partition coefficient (Wildman–Crippen LogP) is 3.74. The lowest BCUT2D eigenvalue weighted by Crippen LogP contribution is -2.61. The molecule has 4 rings (SSSR count). The van der Waals surface area contributed by atoms with Crippen LogP contribution in [0.1, 0.15) is 106 Å². The summed E-state index contributed by atoms with van der Waals surface area (Å²) in [6, 6.07) is 3.22. The molecule has 0 amide bonds. The maximum atomic E-state index is 14.7. The Morgan fingerprint density at radius 1 is 1.02 bits per heavy atom. The van der Waals surface area contributed by atoms with Crippen LogP contribution in [0.3, 0.4) is 0 Å². The van der Waals surface area contributed by atoms with Crippen LogP contribution in [0.25, 0.3) is 0 Å². The Labute approximate surface area is 386 Å². The molecule has 18 atom stereocenters. The summed E-state index contributed by atoms with van der Waals surface area (Å²) >= 11 is 1.68. The van der Waals surface area contributed by atoms with Gasteiger partial charge in [-0.05, 0) is 119 Å². The first-order valence-corrected chi connectivity index (χ1v) is 24.2. The Morgan fingerprint density at radius 3 is 2.31 bits per heavy atom. The van der Waals surface area contributed by atoms with Gasteiger partial charge in [-0.25, -0.2) is 0 Å². The number of carbonyl (C=O) groups excluding carboxylic acids is 2. The van der Waals surface area contributed by atoms with E-state index in [1.165, 1.54) is 12.0 Å². The molecule has 1 aromatic heterocycles. The molecule has 5 N–H and O–H groups in total. The van der Waals surface area contributed by atoms with Crippen LogP contribution in [0.15, 0.2) is 17.5 Å². The van der Waals surface area contributed by atoms with Gasteiger partial charge in [0.1, 0.15) is 30.0 Å². The van der Waals surface area contributed by atoms with Gasteiger partial charge in [-0.15, -0.1) is 11.3 Å². The summed E-state index contributed by atoms with van der Waals surface area (Å²) in [6.07, 6.45) is -7.57. The number of methoxy groups -OCH3 is 1. The summed E-state index contributed by atoms with van der Waals surface area (Å²) in [6.45, 7) is 19.2. The SMILES string of the molecule is CC[C@H]1OC(=O)[C@H](C)[C@@H](O[C@H]2C[C@@](C)(OC)[C@@H](O)[C@H](C)O2)[C@H](C)[C@@H](O[C@@H]2O[C@H](C)C[C@H](N(C)C)[C@H]2O)[C@@](C)(O)C[C@@H](C)CN(C)[C@H](C)[C@@H](OC(=O)CCNCCc2cccs2)[C@]1(C)O. The Balaban J connectivity index is 1.74. The smallest absolute Gasteiger partial charge is 0.311 e. The lowest BCUT2D eigenvalue weighted by molar-refractivity contribution is -0.318. The highest BCUT2D eigenvalue weighted by Gasteiger charge is 2.53. The fourth-order valence-corrected chi connectivity index (χ4v) is 10.8. The number of thiophene rings is 1. The van der Waals surface area contributed by atoms with E-state index in [-0.39, 0.29) is 43.7 Å². The van der Waals surface area contributed by atoms with Crippen molar-refractivity contribution in [1.82, 2.24) is 15.1 Å². The number of cyclic esters (lactones) is 1. The fourth-order valence-electron chi connectivity index (χ4n) is 10.1. The average Bonchev–Trinajstić information content (AvgIpc) is 3.74. The van der Waals surface area contributed by atoms with Gasteiger partial charge in [0.05, 0.1) is 48.0 Å². The predicted molar refractivity (Wildman–Crippen MR) is 244 cm³/mol. The molecule has 3 aliphatic heterocycles. The minimum Gasteiger partial charge on any atom is -0.459 e. The molecule has 0 aromatic carbocycles. The quantitative estimate of drug-likeness (QED) is 0.134. The second-order valence-electron chi connectivity index (χ2n) is 20.0. The number of carbonyl (C=O) groups is 2. The first-order valence-electron chi connectivity index (χ1n) is 23.3. The molecule has 4 heterocycles. The number of likely N-dealkylation sites (N-methyl/N-ethyl adjacent to an activating group) is 2. The van der Waals surface area contributed by atoms with E-state index in [2.05, 4.69) is 11.4 Å². The first kappa shape index (κ1) is 54.8. The van der Waals surface area contributed by atoms with Crippen molar-refractivity contribution >= 4 is 23.3 Å². The van der Waals surface area contributed by atoms with Crippen molar-refractivity contribution in [2.75, 3.05) is 47.9 Å². The fraction of sp³-hybridized carbons (Fsp3) is 0.872. The van der Waals surface area contributed by atoms with Crippen molar-refractivity contribution in [3.63, 3.8) is 0 Å². The van der Waals surface area contributed by atoms with Crippen molar-refractivity contribution in [3.05, 3.63) is 22.4 Å². The molecule has 0 aliphatic carbocycles. The number of rotatable bonds is 14. The van der Waals surface area contributed by atoms with Gasteiger partial charge in [0.25, 0.3) is 0 Å². The van der Waals surface area contributed by atoms with E-state index in [0.717, 1.165) is 6.42 Å². The van der Waals surface area contributed by atoms with Crippen LogP contribution in [0.4, 0.5) is 0 Å². The molecule has 0 bridgehead atoms. The zero-order valence-corrected chi connectivity index (χ0v) is 41.8. The van der Waals surface area contributed by atoms with Gasteiger partial charge in [0.15, 0.2) is 12.6 Å². The number of nitrogens with zero attached hydrogens (tertiary/aromatic N) is 2. The molecule has 17 heteroatoms. The Morgan fingerprint density at radius 2 is 1.70 bits per heavy atom. The van der Waals surface area contributed by atoms with Crippen LogP contribution < -0.4 is 5.32 Å². The number of ether oxygens (including phenoxy) is 7. The van der Waals surface area contributed by atoms with Crippen LogP contribution in [0.2, 0.25) is 0 Å². The van der Waals surface area contributed by atoms with Crippen molar-refractivity contribution in [3.8, 4) is 0 Å². The van der Waals surface area contributed by atoms with Gasteiger partial charge >= 0.3 is 11.9 Å². The topological polar surface area (TPSA) is 198 Å². The number of aliphatic hydroxyl groups excluding tert-OH is 2. The number of aliphatic hydroxyl groups is 4. The lowest BCUT2D eigenvalue weighted by Gasteiger charge is -2.48. The largest absolute Gasteiger partial charge is 0.459 e. The Bertz CT molecular complexity index is 1590. The summed E-state index contributed by atoms with van der Waals surface area (Å²) < 4.78 is 44.4. The zero-order chi connectivity index (χ0) is 47.9. The average molecular weight is 930 g/mol. The van der Waals surface area contributed by atoms with Gasteiger partial charge in [-0.2, -0.15) is 0 Å². The van der Waals surface area contributed by atoms with Gasteiger partial charge in [0, 0.05) is 49.5 Å². The third-order valence-corrected chi connectivity index (χ3v) is 15.0. The molecule has 1 aromatic rings. The van der Waals surface area contributed by atoms with Crippen LogP contribution in [-0.2, 0) is 49.2 Å². The van der Waals surface area contributed by atoms with Crippen molar-refractivity contribution in [1.29, 1.82) is 0 Å². The summed E-state index contributed by atoms with van der Waals surface area (Å²) in [5, 5.41) is 53.4. The second kappa shape index (κ2) is 23.4. The molecular formula is C47H83N3O13S. The highest BCUT2D eigenvalue weighted by atomic mass is 32.1. The van der Waals surface area contributed by atoms with Crippen molar-refractivity contribution in [2.24, 2.45) is 17.8 Å². The Hall–Kier alpha value is -1.84. The maximum absolute atomic E-state index is 14.7. The number of nitrogens with one attached hydrogen (secondary N) is 1. The number of esters is 2. The molecule has 3 fully saturated rings. The van der Waals surface area contributed by atoms with Crippen LogP contribution >= 0.6 is 11.3 Å². The number of hydrogen-bond acceptors (Lipinski definition) is 17. The van der Waals surface area contributed by atoms with Gasteiger partial charge in [-0.1, -0.05) is 26.8 Å². The summed E-state index contributed by atoms with van der Waals surface area (Å²) in [7, 11) is 7.15. The van der Waals surface area contributed by atoms with Crippen LogP contribution in [-0.4, -0.2) is 180 Å². The summed E-state index contributed by atoms with van der Waals surface area (Å²) in [5.74, 6) is -3.26. The maximum Gasteiger partial charge on any atom is 0.311 e. The van der Waals surface area contributed by atoms with Crippen molar-refractivity contribution < 1.29 is 63.2 Å². The molecule has 16 nitrogen and oxygen atoms in total. The second-order valence-corrected chi connectivity index (χ2v) is 21.0. The van der Waals surface area contributed by atoms with E-state index >= 15 is 0 Å². The highest BCUT2D eigenvalue weighted by Crippen LogP contribution is 2.40. The minimum absolute atomic E-state index is 0.0626. The highest BCUT2D eigenvalue weighted by molar-refractivity contribution is 7.09. The molecule has 3 aliphatic rings. The minimum atomic E-state index is -1.85. The normalized spacial score (nSPS) is 42.4. The third-order valence-electron chi connectivity index (χ3n) is 14.1. The monoisotopic (exact) mass is 930 g/mol. The zero-order valence-electron chi connectivity index (χ0n) is 41.0. The van der Waals surface area contributed by atoms with E-state index in [9.17, 15) is 30.0 Å².